The van der Waals surface area contributed by atoms with Crippen molar-refractivity contribution in [3.8, 4) is 0 Å². The van der Waals surface area contributed by atoms with E-state index in [4.69, 9.17) is 9.47 Å². The molecule has 0 unspecified atom stereocenters. The summed E-state index contributed by atoms with van der Waals surface area (Å²) >= 11 is 0. The summed E-state index contributed by atoms with van der Waals surface area (Å²) in [5.74, 6) is 0. The van der Waals surface area contributed by atoms with Crippen molar-refractivity contribution in [1.82, 2.24) is 0 Å². The van der Waals surface area contributed by atoms with E-state index in [2.05, 4.69) is 20.8 Å². The Morgan fingerprint density at radius 3 is 1.33 bits per heavy atom. The molecule has 0 atom stereocenters. The fraction of sp³-hybridized carbons (Fsp3) is 0.920. The van der Waals surface area contributed by atoms with E-state index in [9.17, 15) is 0 Å². The lowest BCUT2D eigenvalue weighted by atomic mass is 9.86. The third-order valence-electron chi connectivity index (χ3n) is 6.50. The minimum absolute atomic E-state index is 0.145. The van der Waals surface area contributed by atoms with Crippen LogP contribution in [0.5, 0.6) is 0 Å². The van der Waals surface area contributed by atoms with Gasteiger partial charge in [-0.3, -0.25) is 0 Å². The number of fused-ring (bicyclic) bond motifs is 4. The van der Waals surface area contributed by atoms with Crippen LogP contribution < -0.4 is 0 Å². The van der Waals surface area contributed by atoms with E-state index in [1.165, 1.54) is 103 Å². The zero-order chi connectivity index (χ0) is 19.4. The van der Waals surface area contributed by atoms with Gasteiger partial charge >= 0.3 is 0 Å². The molecule has 2 nitrogen and oxygen atoms in total. The number of ether oxygens (including phenoxy) is 2. The molecule has 0 N–H and O–H groups in total. The number of hydrogen-bond donors (Lipinski definition) is 0. The van der Waals surface area contributed by atoms with Gasteiger partial charge in [-0.15, -0.1) is 0 Å². The Bertz CT molecular complexity index is 319. The van der Waals surface area contributed by atoms with Gasteiger partial charge in [-0.05, 0) is 37.5 Å². The van der Waals surface area contributed by atoms with Crippen LogP contribution in [-0.2, 0) is 9.47 Å². The Morgan fingerprint density at radius 1 is 0.667 bits per heavy atom. The molecule has 2 fully saturated rings. The van der Waals surface area contributed by atoms with Gasteiger partial charge in [0.05, 0.1) is 12.2 Å². The smallest absolute Gasteiger partial charge is 0.224 e. The van der Waals surface area contributed by atoms with Gasteiger partial charge in [0.25, 0.3) is 0 Å². The molecule has 27 heavy (non-hydrogen) atoms. The van der Waals surface area contributed by atoms with E-state index < -0.39 is 0 Å². The van der Waals surface area contributed by atoms with Crippen LogP contribution in [0.25, 0.3) is 0 Å². The first kappa shape index (κ1) is 23.2. The summed E-state index contributed by atoms with van der Waals surface area (Å²) in [7, 11) is 0. The molecule has 2 aliphatic rings. The maximum Gasteiger partial charge on any atom is 0.224 e. The van der Waals surface area contributed by atoms with Crippen molar-refractivity contribution in [3.63, 3.8) is 0 Å². The quantitative estimate of drug-likeness (QED) is 0.493. The molecular formula is C25H46O2. The van der Waals surface area contributed by atoms with E-state index in [-0.39, 0.29) is 5.41 Å². The fourth-order valence-corrected chi connectivity index (χ4v) is 4.39. The lowest BCUT2D eigenvalue weighted by molar-refractivity contribution is -0.129. The van der Waals surface area contributed by atoms with Crippen LogP contribution >= 0.6 is 0 Å². The Morgan fingerprint density at radius 2 is 1.00 bits per heavy atom. The third-order valence-corrected chi connectivity index (χ3v) is 6.50. The predicted octanol–water partition coefficient (Wildman–Crippen LogP) is 8.16. The molecule has 2 rings (SSSR count). The average molecular weight is 379 g/mol. The van der Waals surface area contributed by atoms with Gasteiger partial charge in [0.2, 0.25) is 6.29 Å². The molecule has 2 bridgehead atoms. The molecule has 2 heteroatoms. The van der Waals surface area contributed by atoms with Gasteiger partial charge in [-0.1, -0.05) is 97.8 Å². The molecule has 0 spiro atoms. The minimum Gasteiger partial charge on any atom is -0.342 e. The van der Waals surface area contributed by atoms with Gasteiger partial charge in [-0.2, -0.15) is 0 Å². The predicted molar refractivity (Wildman–Crippen MR) is 115 cm³/mol. The van der Waals surface area contributed by atoms with Crippen LogP contribution in [0, 0.1) is 18.6 Å². The van der Waals surface area contributed by atoms with E-state index in [0.717, 1.165) is 19.1 Å². The SMILES string of the molecule is [CH2]CC(C)(C)C[C]1OC2CCCCCCCCC(CCCCCCCC2)O1. The van der Waals surface area contributed by atoms with Crippen molar-refractivity contribution in [2.75, 3.05) is 0 Å². The van der Waals surface area contributed by atoms with Crippen LogP contribution in [0.3, 0.4) is 0 Å². The summed E-state index contributed by atoms with van der Waals surface area (Å²) in [6.45, 7) is 8.74. The molecule has 2 aliphatic heterocycles. The Balaban J connectivity index is 2.11. The molecular weight excluding hydrogens is 332 g/mol. The molecule has 0 aromatic heterocycles. The highest BCUT2D eigenvalue weighted by Crippen LogP contribution is 2.35. The summed E-state index contributed by atoms with van der Waals surface area (Å²) in [5.41, 5.74) is 0.145. The fourth-order valence-electron chi connectivity index (χ4n) is 4.39. The van der Waals surface area contributed by atoms with Crippen LogP contribution in [0.2, 0.25) is 0 Å². The second kappa shape index (κ2) is 13.2. The minimum atomic E-state index is 0.145. The van der Waals surface area contributed by atoms with E-state index in [1.54, 1.807) is 0 Å². The first-order valence-electron chi connectivity index (χ1n) is 12.1. The molecule has 0 amide bonds. The topological polar surface area (TPSA) is 18.5 Å². The zero-order valence-corrected chi connectivity index (χ0v) is 18.4. The van der Waals surface area contributed by atoms with Gasteiger partial charge in [0.15, 0.2) is 0 Å². The Kier molecular flexibility index (Phi) is 11.3. The monoisotopic (exact) mass is 378 g/mol. The van der Waals surface area contributed by atoms with Crippen LogP contribution in [0.4, 0.5) is 0 Å². The number of hydrogen-bond acceptors (Lipinski definition) is 2. The number of rotatable bonds is 3. The van der Waals surface area contributed by atoms with Crippen LogP contribution in [-0.4, -0.2) is 12.2 Å². The molecule has 158 valence electrons. The van der Waals surface area contributed by atoms with E-state index >= 15 is 0 Å². The van der Waals surface area contributed by atoms with Crippen molar-refractivity contribution < 1.29 is 9.47 Å². The lowest BCUT2D eigenvalue weighted by Crippen LogP contribution is -2.27. The van der Waals surface area contributed by atoms with Gasteiger partial charge < -0.3 is 9.47 Å². The van der Waals surface area contributed by atoms with Crippen LogP contribution in [0.15, 0.2) is 0 Å². The van der Waals surface area contributed by atoms with Gasteiger partial charge in [0.1, 0.15) is 0 Å². The molecule has 2 radical (unpaired) electrons. The molecule has 0 aromatic rings. The van der Waals surface area contributed by atoms with Crippen LogP contribution in [0.1, 0.15) is 129 Å². The first-order valence-corrected chi connectivity index (χ1v) is 12.1. The molecule has 0 aliphatic carbocycles. The molecule has 2 heterocycles. The first-order chi connectivity index (χ1) is 13.1. The highest BCUT2D eigenvalue weighted by atomic mass is 16.7. The Labute approximate surface area is 170 Å². The van der Waals surface area contributed by atoms with Gasteiger partial charge in [-0.25, -0.2) is 0 Å². The summed E-state index contributed by atoms with van der Waals surface area (Å²) in [6, 6.07) is 0. The summed E-state index contributed by atoms with van der Waals surface area (Å²) in [6.07, 6.45) is 24.5. The van der Waals surface area contributed by atoms with Gasteiger partial charge in [0, 0.05) is 6.42 Å². The zero-order valence-electron chi connectivity index (χ0n) is 18.4. The highest BCUT2D eigenvalue weighted by molar-refractivity contribution is 4.83. The molecule has 2 saturated heterocycles. The standard InChI is InChI=1S/C25H46O2/c1-4-25(2,3)21-24-26-22-17-13-9-5-6-10-14-18-23(27-24)20-16-12-8-7-11-15-19-22/h22-23H,1,4-21H2,2-3H3. The largest absolute Gasteiger partial charge is 0.342 e. The second-order valence-electron chi connectivity index (χ2n) is 9.84. The normalized spacial score (nSPS) is 29.0. The average Bonchev–Trinajstić information content (AvgIpc) is 2.66. The van der Waals surface area contributed by atoms with Crippen molar-refractivity contribution in [2.45, 2.75) is 142 Å². The van der Waals surface area contributed by atoms with Crippen molar-refractivity contribution >= 4 is 0 Å². The maximum atomic E-state index is 6.61. The van der Waals surface area contributed by atoms with Crippen molar-refractivity contribution in [2.24, 2.45) is 5.41 Å². The molecule has 0 aromatic carbocycles. The van der Waals surface area contributed by atoms with E-state index in [0.29, 0.717) is 12.2 Å². The summed E-state index contributed by atoms with van der Waals surface area (Å²) in [5, 5.41) is 0. The Hall–Kier alpha value is -0.0800. The summed E-state index contributed by atoms with van der Waals surface area (Å²) in [4.78, 5) is 0. The van der Waals surface area contributed by atoms with Crippen molar-refractivity contribution in [1.29, 1.82) is 0 Å². The molecule has 0 saturated carbocycles. The summed E-state index contributed by atoms with van der Waals surface area (Å²) < 4.78 is 13.2. The van der Waals surface area contributed by atoms with Crippen molar-refractivity contribution in [3.05, 3.63) is 13.2 Å². The highest BCUT2D eigenvalue weighted by Gasteiger charge is 2.29. The maximum absolute atomic E-state index is 6.61. The van der Waals surface area contributed by atoms with E-state index in [1.807, 2.05) is 0 Å². The third kappa shape index (κ3) is 10.3. The second-order valence-corrected chi connectivity index (χ2v) is 9.84. The lowest BCUT2D eigenvalue weighted by Gasteiger charge is -2.32.